The van der Waals surface area contributed by atoms with Gasteiger partial charge in [0.1, 0.15) is 0 Å². The van der Waals surface area contributed by atoms with Gasteiger partial charge in [0.05, 0.1) is 0 Å². The Labute approximate surface area is 112 Å². The Morgan fingerprint density at radius 3 is 2.83 bits per heavy atom. The van der Waals surface area contributed by atoms with E-state index in [1.807, 2.05) is 6.20 Å². The third kappa shape index (κ3) is 5.01. The van der Waals surface area contributed by atoms with E-state index < -0.39 is 5.97 Å². The van der Waals surface area contributed by atoms with Gasteiger partial charge in [0, 0.05) is 37.1 Å². The van der Waals surface area contributed by atoms with E-state index in [2.05, 4.69) is 29.0 Å². The average Bonchev–Trinajstić information content (AvgIpc) is 2.79. The van der Waals surface area contributed by atoms with Gasteiger partial charge in [-0.25, -0.2) is 4.98 Å². The lowest BCUT2D eigenvalue weighted by molar-refractivity contribution is -0.137. The van der Waals surface area contributed by atoms with Crippen LogP contribution in [0, 0.1) is 0 Å². The molecule has 0 aromatic carbocycles. The number of hydrogen-bond acceptors (Lipinski definition) is 5. The first kappa shape index (κ1) is 14.9. The summed E-state index contributed by atoms with van der Waals surface area (Å²) in [7, 11) is 0. The van der Waals surface area contributed by atoms with Crippen LogP contribution in [-0.4, -0.2) is 35.7 Å². The minimum atomic E-state index is -0.738. The third-order valence-corrected chi connectivity index (χ3v) is 3.68. The number of carbonyl (C=O) groups is 1. The number of aliphatic carboxylic acids is 1. The molecule has 0 aliphatic rings. The first-order valence-electron chi connectivity index (χ1n) is 6.29. The molecule has 102 valence electrons. The number of anilines is 1. The van der Waals surface area contributed by atoms with Crippen molar-refractivity contribution in [3.8, 4) is 0 Å². The Bertz CT molecular complexity index is 364. The van der Waals surface area contributed by atoms with Crippen molar-refractivity contribution >= 4 is 22.4 Å². The van der Waals surface area contributed by atoms with Crippen LogP contribution in [0.4, 0.5) is 5.13 Å². The maximum absolute atomic E-state index is 10.3. The molecule has 0 aliphatic heterocycles. The molecule has 0 bridgehead atoms. The highest BCUT2D eigenvalue weighted by atomic mass is 32.1. The zero-order chi connectivity index (χ0) is 13.4. The van der Waals surface area contributed by atoms with Gasteiger partial charge in [0.2, 0.25) is 0 Å². The van der Waals surface area contributed by atoms with Gasteiger partial charge in [0.15, 0.2) is 5.13 Å². The van der Waals surface area contributed by atoms with E-state index in [1.165, 1.54) is 4.88 Å². The Morgan fingerprint density at radius 1 is 1.50 bits per heavy atom. The standard InChI is InChI=1S/C12H21N3O2S/c1-3-15(4-2)12-14-9-10(18-12)8-13-7-5-6-11(16)17/h9,13H,3-8H2,1-2H3,(H,16,17). The van der Waals surface area contributed by atoms with Crippen LogP contribution in [0.1, 0.15) is 31.6 Å². The number of carboxylic acid groups (broad SMARTS) is 1. The summed E-state index contributed by atoms with van der Waals surface area (Å²) in [6.07, 6.45) is 2.78. The van der Waals surface area contributed by atoms with E-state index in [1.54, 1.807) is 11.3 Å². The fourth-order valence-corrected chi connectivity index (χ4v) is 2.60. The molecular weight excluding hydrogens is 250 g/mol. The average molecular weight is 271 g/mol. The fraction of sp³-hybridized carbons (Fsp3) is 0.667. The second kappa shape index (κ2) is 8.05. The molecule has 0 aliphatic carbocycles. The molecule has 5 nitrogen and oxygen atoms in total. The Balaban J connectivity index is 2.29. The van der Waals surface area contributed by atoms with Gasteiger partial charge < -0.3 is 15.3 Å². The van der Waals surface area contributed by atoms with Crippen LogP contribution in [-0.2, 0) is 11.3 Å². The van der Waals surface area contributed by atoms with Gasteiger partial charge >= 0.3 is 5.97 Å². The summed E-state index contributed by atoms with van der Waals surface area (Å²) in [6.45, 7) is 7.66. The van der Waals surface area contributed by atoms with Crippen molar-refractivity contribution in [2.75, 3.05) is 24.5 Å². The second-order valence-electron chi connectivity index (χ2n) is 3.96. The van der Waals surface area contributed by atoms with E-state index >= 15 is 0 Å². The maximum Gasteiger partial charge on any atom is 0.303 e. The number of aromatic nitrogens is 1. The first-order chi connectivity index (χ1) is 8.67. The van der Waals surface area contributed by atoms with Crippen LogP contribution in [0.2, 0.25) is 0 Å². The van der Waals surface area contributed by atoms with Crippen LogP contribution >= 0.6 is 11.3 Å². The molecule has 0 fully saturated rings. The zero-order valence-corrected chi connectivity index (χ0v) is 11.8. The van der Waals surface area contributed by atoms with Crippen molar-refractivity contribution in [3.63, 3.8) is 0 Å². The van der Waals surface area contributed by atoms with Gasteiger partial charge in [-0.2, -0.15) is 0 Å². The molecule has 1 aromatic rings. The third-order valence-electron chi connectivity index (χ3n) is 2.62. The molecule has 0 saturated heterocycles. The lowest BCUT2D eigenvalue weighted by atomic mass is 10.3. The molecule has 0 spiro atoms. The molecule has 0 amide bonds. The van der Waals surface area contributed by atoms with Crippen LogP contribution in [0.5, 0.6) is 0 Å². The molecule has 18 heavy (non-hydrogen) atoms. The molecule has 1 heterocycles. The van der Waals surface area contributed by atoms with E-state index in [9.17, 15) is 4.79 Å². The summed E-state index contributed by atoms with van der Waals surface area (Å²) < 4.78 is 0. The SMILES string of the molecule is CCN(CC)c1ncc(CNCCCC(=O)O)s1. The molecule has 1 rings (SSSR count). The zero-order valence-electron chi connectivity index (χ0n) is 11.0. The van der Waals surface area contributed by atoms with Crippen molar-refractivity contribution in [2.45, 2.75) is 33.2 Å². The first-order valence-corrected chi connectivity index (χ1v) is 7.11. The largest absolute Gasteiger partial charge is 0.481 e. The topological polar surface area (TPSA) is 65.5 Å². The molecule has 1 aromatic heterocycles. The van der Waals surface area contributed by atoms with Gasteiger partial charge in [-0.3, -0.25) is 4.79 Å². The minimum absolute atomic E-state index is 0.223. The summed E-state index contributed by atoms with van der Waals surface area (Å²) in [4.78, 5) is 18.1. The number of thiazole rings is 1. The van der Waals surface area contributed by atoms with E-state index in [0.717, 1.165) is 31.3 Å². The van der Waals surface area contributed by atoms with Crippen molar-refractivity contribution in [1.82, 2.24) is 10.3 Å². The second-order valence-corrected chi connectivity index (χ2v) is 5.05. The Kier molecular flexibility index (Phi) is 6.67. The number of hydrogen-bond donors (Lipinski definition) is 2. The minimum Gasteiger partial charge on any atom is -0.481 e. The van der Waals surface area contributed by atoms with Crippen LogP contribution in [0.15, 0.2) is 6.20 Å². The van der Waals surface area contributed by atoms with E-state index in [-0.39, 0.29) is 6.42 Å². The van der Waals surface area contributed by atoms with Crippen LogP contribution in [0.3, 0.4) is 0 Å². The van der Waals surface area contributed by atoms with Gasteiger partial charge in [-0.15, -0.1) is 11.3 Å². The summed E-state index contributed by atoms with van der Waals surface area (Å²) in [5, 5.41) is 12.8. The molecular formula is C12H21N3O2S. The smallest absolute Gasteiger partial charge is 0.303 e. The quantitative estimate of drug-likeness (QED) is 0.672. The van der Waals surface area contributed by atoms with Crippen LogP contribution < -0.4 is 10.2 Å². The molecule has 0 saturated carbocycles. The Hall–Kier alpha value is -1.14. The predicted octanol–water partition coefficient (Wildman–Crippen LogP) is 1.94. The summed E-state index contributed by atoms with van der Waals surface area (Å²) in [5.41, 5.74) is 0. The summed E-state index contributed by atoms with van der Waals surface area (Å²) in [6, 6.07) is 0. The van der Waals surface area contributed by atoms with Gasteiger partial charge in [-0.1, -0.05) is 0 Å². The van der Waals surface area contributed by atoms with Gasteiger partial charge in [-0.05, 0) is 26.8 Å². The molecule has 0 atom stereocenters. The van der Waals surface area contributed by atoms with E-state index in [0.29, 0.717) is 6.42 Å². The van der Waals surface area contributed by atoms with Crippen molar-refractivity contribution < 1.29 is 9.90 Å². The summed E-state index contributed by atoms with van der Waals surface area (Å²) in [5.74, 6) is -0.738. The lowest BCUT2D eigenvalue weighted by Crippen LogP contribution is -2.21. The van der Waals surface area contributed by atoms with Crippen LogP contribution in [0.25, 0.3) is 0 Å². The fourth-order valence-electron chi connectivity index (χ4n) is 1.60. The van der Waals surface area contributed by atoms with Crippen molar-refractivity contribution in [2.24, 2.45) is 0 Å². The highest BCUT2D eigenvalue weighted by Crippen LogP contribution is 2.21. The van der Waals surface area contributed by atoms with Crippen molar-refractivity contribution in [3.05, 3.63) is 11.1 Å². The predicted molar refractivity (Wildman–Crippen MR) is 74.3 cm³/mol. The highest BCUT2D eigenvalue weighted by Gasteiger charge is 2.07. The number of nitrogens with one attached hydrogen (secondary N) is 1. The molecule has 2 N–H and O–H groups in total. The monoisotopic (exact) mass is 271 g/mol. The lowest BCUT2D eigenvalue weighted by Gasteiger charge is -2.16. The number of carboxylic acids is 1. The van der Waals surface area contributed by atoms with Gasteiger partial charge in [0.25, 0.3) is 0 Å². The molecule has 0 radical (unpaired) electrons. The van der Waals surface area contributed by atoms with Crippen molar-refractivity contribution in [1.29, 1.82) is 0 Å². The van der Waals surface area contributed by atoms with E-state index in [4.69, 9.17) is 5.11 Å². The maximum atomic E-state index is 10.3. The molecule has 0 unspecified atom stereocenters. The molecule has 6 heteroatoms. The number of rotatable bonds is 9. The summed E-state index contributed by atoms with van der Waals surface area (Å²) >= 11 is 1.69. The highest BCUT2D eigenvalue weighted by molar-refractivity contribution is 7.15. The number of nitrogens with zero attached hydrogens (tertiary/aromatic N) is 2. The Morgan fingerprint density at radius 2 is 2.22 bits per heavy atom. The normalized spacial score (nSPS) is 10.6.